The lowest BCUT2D eigenvalue weighted by Gasteiger charge is -2.32. The standard InChI is InChI=1S/C14H22N2O4/c1-10(7-8-11-6-5-9-20-11)15-13(19)16(4)14(2,3)12(17)18/h5-6,9-10H,7-8H2,1-4H3,(H,15,19)(H,17,18). The Morgan fingerprint density at radius 2 is 2.15 bits per heavy atom. The van der Waals surface area contributed by atoms with Gasteiger partial charge in [-0.25, -0.2) is 9.59 Å². The Kier molecular flexibility index (Phi) is 5.19. The molecule has 0 fully saturated rings. The predicted octanol–water partition coefficient (Wildman–Crippen LogP) is 2.11. The number of hydrogen-bond donors (Lipinski definition) is 2. The number of aliphatic carboxylic acids is 1. The number of nitrogens with zero attached hydrogens (tertiary/aromatic N) is 1. The highest BCUT2D eigenvalue weighted by atomic mass is 16.4. The lowest BCUT2D eigenvalue weighted by Crippen LogP contribution is -2.55. The Labute approximate surface area is 118 Å². The van der Waals surface area contributed by atoms with Gasteiger partial charge in [0.05, 0.1) is 6.26 Å². The summed E-state index contributed by atoms with van der Waals surface area (Å²) in [5.41, 5.74) is -1.25. The van der Waals surface area contributed by atoms with Crippen LogP contribution in [0.2, 0.25) is 0 Å². The summed E-state index contributed by atoms with van der Waals surface area (Å²) in [4.78, 5) is 24.3. The van der Waals surface area contributed by atoms with Crippen molar-refractivity contribution in [3.63, 3.8) is 0 Å². The Morgan fingerprint density at radius 3 is 2.65 bits per heavy atom. The molecule has 1 unspecified atom stereocenters. The van der Waals surface area contributed by atoms with Gasteiger partial charge < -0.3 is 19.7 Å². The number of carboxylic acids is 1. The quantitative estimate of drug-likeness (QED) is 0.837. The minimum Gasteiger partial charge on any atom is -0.480 e. The van der Waals surface area contributed by atoms with Gasteiger partial charge in [-0.3, -0.25) is 0 Å². The molecule has 0 aliphatic rings. The fourth-order valence-electron chi connectivity index (χ4n) is 1.59. The summed E-state index contributed by atoms with van der Waals surface area (Å²) in [6.07, 6.45) is 3.06. The predicted molar refractivity (Wildman–Crippen MR) is 74.5 cm³/mol. The number of carbonyl (C=O) groups is 2. The topological polar surface area (TPSA) is 82.8 Å². The van der Waals surface area contributed by atoms with Gasteiger partial charge in [-0.15, -0.1) is 0 Å². The zero-order valence-corrected chi connectivity index (χ0v) is 12.3. The molecule has 20 heavy (non-hydrogen) atoms. The molecule has 1 heterocycles. The minimum atomic E-state index is -1.25. The van der Waals surface area contributed by atoms with Crippen LogP contribution in [0.4, 0.5) is 4.79 Å². The van der Waals surface area contributed by atoms with Crippen LogP contribution in [0.1, 0.15) is 33.0 Å². The van der Waals surface area contributed by atoms with Gasteiger partial charge in [0.1, 0.15) is 11.3 Å². The Morgan fingerprint density at radius 1 is 1.50 bits per heavy atom. The van der Waals surface area contributed by atoms with Gasteiger partial charge in [-0.1, -0.05) is 0 Å². The van der Waals surface area contributed by atoms with E-state index in [1.54, 1.807) is 6.26 Å². The number of furan rings is 1. The fraction of sp³-hybridized carbons (Fsp3) is 0.571. The normalized spacial score (nSPS) is 12.8. The molecule has 0 radical (unpaired) electrons. The molecule has 1 atom stereocenters. The molecule has 6 nitrogen and oxygen atoms in total. The average Bonchev–Trinajstić information content (AvgIpc) is 2.88. The first kappa shape index (κ1) is 16.1. The van der Waals surface area contributed by atoms with Gasteiger partial charge in [0.2, 0.25) is 0 Å². The molecule has 0 saturated carbocycles. The molecule has 2 N–H and O–H groups in total. The maximum Gasteiger partial charge on any atom is 0.329 e. The summed E-state index contributed by atoms with van der Waals surface area (Å²) in [6.45, 7) is 4.85. The van der Waals surface area contributed by atoms with Crippen LogP contribution in [0.5, 0.6) is 0 Å². The van der Waals surface area contributed by atoms with E-state index in [0.29, 0.717) is 0 Å². The summed E-state index contributed by atoms with van der Waals surface area (Å²) in [6, 6.07) is 3.24. The minimum absolute atomic E-state index is 0.0698. The monoisotopic (exact) mass is 282 g/mol. The molecule has 0 bridgehead atoms. The third-order valence-electron chi connectivity index (χ3n) is 3.44. The van der Waals surface area contributed by atoms with Gasteiger partial charge in [0, 0.05) is 19.5 Å². The van der Waals surface area contributed by atoms with E-state index in [9.17, 15) is 9.59 Å². The molecular formula is C14H22N2O4. The van der Waals surface area contributed by atoms with Crippen LogP contribution in [-0.4, -0.2) is 40.6 Å². The SMILES string of the molecule is CC(CCc1ccco1)NC(=O)N(C)C(C)(C)C(=O)O. The van der Waals surface area contributed by atoms with E-state index in [0.717, 1.165) is 18.6 Å². The Hall–Kier alpha value is -1.98. The van der Waals surface area contributed by atoms with Crippen LogP contribution < -0.4 is 5.32 Å². The largest absolute Gasteiger partial charge is 0.480 e. The zero-order valence-electron chi connectivity index (χ0n) is 12.3. The lowest BCUT2D eigenvalue weighted by molar-refractivity contribution is -0.146. The van der Waals surface area contributed by atoms with Crippen LogP contribution >= 0.6 is 0 Å². The Balaban J connectivity index is 2.46. The maximum absolute atomic E-state index is 12.0. The van der Waals surface area contributed by atoms with Crippen molar-refractivity contribution in [3.05, 3.63) is 24.2 Å². The number of nitrogens with one attached hydrogen (secondary N) is 1. The molecule has 1 rings (SSSR count). The van der Waals surface area contributed by atoms with Gasteiger partial charge in [-0.05, 0) is 39.3 Å². The molecule has 0 saturated heterocycles. The molecule has 0 spiro atoms. The second-order valence-electron chi connectivity index (χ2n) is 5.39. The van der Waals surface area contributed by atoms with Crippen molar-refractivity contribution in [2.24, 2.45) is 0 Å². The number of carbonyl (C=O) groups excluding carboxylic acids is 1. The van der Waals surface area contributed by atoms with E-state index < -0.39 is 17.5 Å². The number of rotatable bonds is 6. The van der Waals surface area contributed by atoms with E-state index in [-0.39, 0.29) is 6.04 Å². The summed E-state index contributed by atoms with van der Waals surface area (Å²) < 4.78 is 5.22. The van der Waals surface area contributed by atoms with Crippen molar-refractivity contribution in [2.75, 3.05) is 7.05 Å². The van der Waals surface area contributed by atoms with E-state index >= 15 is 0 Å². The maximum atomic E-state index is 12.0. The smallest absolute Gasteiger partial charge is 0.329 e. The summed E-state index contributed by atoms with van der Waals surface area (Å²) in [5.74, 6) is -0.177. The highest BCUT2D eigenvalue weighted by Crippen LogP contribution is 2.13. The molecule has 0 aliphatic heterocycles. The van der Waals surface area contributed by atoms with Crippen molar-refractivity contribution in [2.45, 2.75) is 45.2 Å². The molecule has 1 aromatic heterocycles. The number of carboxylic acid groups (broad SMARTS) is 1. The van der Waals surface area contributed by atoms with Gasteiger partial charge in [-0.2, -0.15) is 0 Å². The molecule has 0 aliphatic carbocycles. The first-order chi connectivity index (χ1) is 9.25. The average molecular weight is 282 g/mol. The second kappa shape index (κ2) is 6.45. The second-order valence-corrected chi connectivity index (χ2v) is 5.39. The van der Waals surface area contributed by atoms with E-state index in [1.807, 2.05) is 19.1 Å². The molecule has 6 heteroatoms. The molecule has 0 aromatic carbocycles. The first-order valence-electron chi connectivity index (χ1n) is 6.55. The van der Waals surface area contributed by atoms with Crippen LogP contribution in [0.25, 0.3) is 0 Å². The highest BCUT2D eigenvalue weighted by Gasteiger charge is 2.35. The van der Waals surface area contributed by atoms with Crippen molar-refractivity contribution < 1.29 is 19.1 Å². The van der Waals surface area contributed by atoms with Gasteiger partial charge >= 0.3 is 12.0 Å². The van der Waals surface area contributed by atoms with Crippen LogP contribution in [0, 0.1) is 0 Å². The summed E-state index contributed by atoms with van der Waals surface area (Å²) >= 11 is 0. The van der Waals surface area contributed by atoms with Crippen LogP contribution in [0.3, 0.4) is 0 Å². The third kappa shape index (κ3) is 4.01. The van der Waals surface area contributed by atoms with E-state index in [1.165, 1.54) is 25.8 Å². The fourth-order valence-corrected chi connectivity index (χ4v) is 1.59. The molecule has 2 amide bonds. The van der Waals surface area contributed by atoms with Crippen LogP contribution in [0.15, 0.2) is 22.8 Å². The van der Waals surface area contributed by atoms with Gasteiger partial charge in [0.15, 0.2) is 0 Å². The number of likely N-dealkylation sites (N-methyl/N-ethyl adjacent to an activating group) is 1. The van der Waals surface area contributed by atoms with E-state index in [4.69, 9.17) is 9.52 Å². The summed E-state index contributed by atoms with van der Waals surface area (Å²) in [7, 11) is 1.47. The van der Waals surface area contributed by atoms with Crippen molar-refractivity contribution >= 4 is 12.0 Å². The summed E-state index contributed by atoms with van der Waals surface area (Å²) in [5, 5.41) is 11.9. The molecule has 1 aromatic rings. The number of amides is 2. The molecule has 112 valence electrons. The third-order valence-corrected chi connectivity index (χ3v) is 3.44. The number of urea groups is 1. The lowest BCUT2D eigenvalue weighted by atomic mass is 10.0. The Bertz CT molecular complexity index is 454. The van der Waals surface area contributed by atoms with E-state index in [2.05, 4.69) is 5.32 Å². The zero-order chi connectivity index (χ0) is 15.3. The highest BCUT2D eigenvalue weighted by molar-refractivity contribution is 5.85. The first-order valence-corrected chi connectivity index (χ1v) is 6.55. The number of hydrogen-bond acceptors (Lipinski definition) is 3. The van der Waals surface area contributed by atoms with Gasteiger partial charge in [0.25, 0.3) is 0 Å². The van der Waals surface area contributed by atoms with Crippen molar-refractivity contribution in [1.82, 2.24) is 10.2 Å². The van der Waals surface area contributed by atoms with Crippen LogP contribution in [-0.2, 0) is 11.2 Å². The molecular weight excluding hydrogens is 260 g/mol. The van der Waals surface area contributed by atoms with Crippen molar-refractivity contribution in [3.8, 4) is 0 Å². The number of aryl methyl sites for hydroxylation is 1. The van der Waals surface area contributed by atoms with Crippen molar-refractivity contribution in [1.29, 1.82) is 0 Å².